The van der Waals surface area contributed by atoms with E-state index in [4.69, 9.17) is 4.74 Å². The Hall–Kier alpha value is -1.30. The fourth-order valence-electron chi connectivity index (χ4n) is 2.58. The maximum atomic E-state index is 12.0. The van der Waals surface area contributed by atoms with E-state index in [2.05, 4.69) is 5.32 Å². The zero-order valence-corrected chi connectivity index (χ0v) is 11.4. The summed E-state index contributed by atoms with van der Waals surface area (Å²) in [6, 6.07) is -0.172. The standard InChI is InChI=1S/C13H22N2O4/c1-2-10-8-15(6-7-19-10)12(18)14-9-13(11(16)17)4-3-5-13/h10H,2-9H2,1H3,(H,14,18)(H,16,17). The van der Waals surface area contributed by atoms with Gasteiger partial charge < -0.3 is 20.1 Å². The number of hydrogen-bond donors (Lipinski definition) is 2. The first-order valence-electron chi connectivity index (χ1n) is 6.95. The second-order valence-corrected chi connectivity index (χ2v) is 5.44. The molecule has 0 aromatic carbocycles. The summed E-state index contributed by atoms with van der Waals surface area (Å²) in [5.41, 5.74) is -0.730. The molecule has 1 heterocycles. The lowest BCUT2D eigenvalue weighted by Gasteiger charge is -2.39. The van der Waals surface area contributed by atoms with Gasteiger partial charge in [0.15, 0.2) is 0 Å². The molecular formula is C13H22N2O4. The summed E-state index contributed by atoms with van der Waals surface area (Å²) in [6.45, 7) is 3.97. The molecule has 6 heteroatoms. The summed E-state index contributed by atoms with van der Waals surface area (Å²) in [5.74, 6) is -0.799. The number of carboxylic acids is 1. The van der Waals surface area contributed by atoms with Crippen LogP contribution in [0.4, 0.5) is 4.79 Å². The Morgan fingerprint density at radius 1 is 1.47 bits per heavy atom. The molecule has 1 unspecified atom stereocenters. The average molecular weight is 270 g/mol. The molecule has 1 aliphatic carbocycles. The number of hydrogen-bond acceptors (Lipinski definition) is 3. The van der Waals surface area contributed by atoms with Crippen LogP contribution in [0.2, 0.25) is 0 Å². The molecule has 0 spiro atoms. The maximum absolute atomic E-state index is 12.0. The Labute approximate surface area is 113 Å². The summed E-state index contributed by atoms with van der Waals surface area (Å²) in [7, 11) is 0. The van der Waals surface area contributed by atoms with E-state index in [1.807, 2.05) is 6.92 Å². The third-order valence-corrected chi connectivity index (χ3v) is 4.22. The van der Waals surface area contributed by atoms with Crippen molar-refractivity contribution in [2.24, 2.45) is 5.41 Å². The predicted molar refractivity (Wildman–Crippen MR) is 68.9 cm³/mol. The highest BCUT2D eigenvalue weighted by Crippen LogP contribution is 2.40. The van der Waals surface area contributed by atoms with Crippen LogP contribution in [-0.2, 0) is 9.53 Å². The first kappa shape index (κ1) is 14.1. The maximum Gasteiger partial charge on any atom is 0.317 e. The van der Waals surface area contributed by atoms with Gasteiger partial charge in [0.25, 0.3) is 0 Å². The van der Waals surface area contributed by atoms with Crippen LogP contribution in [0.5, 0.6) is 0 Å². The molecule has 1 aliphatic heterocycles. The molecule has 2 N–H and O–H groups in total. The predicted octanol–water partition coefficient (Wildman–Crippen LogP) is 1.06. The van der Waals surface area contributed by atoms with Crippen molar-refractivity contribution in [3.8, 4) is 0 Å². The van der Waals surface area contributed by atoms with E-state index in [1.165, 1.54) is 0 Å². The van der Waals surface area contributed by atoms with E-state index in [0.717, 1.165) is 12.8 Å². The summed E-state index contributed by atoms with van der Waals surface area (Å²) in [6.07, 6.45) is 3.21. The van der Waals surface area contributed by atoms with Gasteiger partial charge in [0.2, 0.25) is 0 Å². The van der Waals surface area contributed by atoms with Crippen molar-refractivity contribution in [2.75, 3.05) is 26.2 Å². The highest BCUT2D eigenvalue weighted by atomic mass is 16.5. The van der Waals surface area contributed by atoms with Crippen molar-refractivity contribution >= 4 is 12.0 Å². The van der Waals surface area contributed by atoms with Crippen LogP contribution >= 0.6 is 0 Å². The smallest absolute Gasteiger partial charge is 0.317 e. The van der Waals surface area contributed by atoms with Crippen molar-refractivity contribution < 1.29 is 19.4 Å². The number of urea groups is 1. The molecule has 2 aliphatic rings. The van der Waals surface area contributed by atoms with Crippen LogP contribution in [0.3, 0.4) is 0 Å². The van der Waals surface area contributed by atoms with Gasteiger partial charge in [-0.1, -0.05) is 13.3 Å². The van der Waals surface area contributed by atoms with Crippen molar-refractivity contribution in [1.29, 1.82) is 0 Å². The Kier molecular flexibility index (Phi) is 4.29. The van der Waals surface area contributed by atoms with Gasteiger partial charge in [0.1, 0.15) is 0 Å². The second-order valence-electron chi connectivity index (χ2n) is 5.44. The van der Waals surface area contributed by atoms with Crippen LogP contribution in [-0.4, -0.2) is 54.4 Å². The van der Waals surface area contributed by atoms with Crippen LogP contribution in [0, 0.1) is 5.41 Å². The summed E-state index contributed by atoms with van der Waals surface area (Å²) < 4.78 is 5.51. The zero-order valence-electron chi connectivity index (χ0n) is 11.4. The number of ether oxygens (including phenoxy) is 1. The van der Waals surface area contributed by atoms with E-state index in [0.29, 0.717) is 32.5 Å². The van der Waals surface area contributed by atoms with Crippen molar-refractivity contribution in [2.45, 2.75) is 38.7 Å². The molecular weight excluding hydrogens is 248 g/mol. The molecule has 0 bridgehead atoms. The van der Waals surface area contributed by atoms with Gasteiger partial charge in [-0.2, -0.15) is 0 Å². The summed E-state index contributed by atoms with van der Waals surface area (Å²) in [4.78, 5) is 25.0. The fourth-order valence-corrected chi connectivity index (χ4v) is 2.58. The number of nitrogens with one attached hydrogen (secondary N) is 1. The van der Waals surface area contributed by atoms with E-state index in [1.54, 1.807) is 4.90 Å². The lowest BCUT2D eigenvalue weighted by atomic mass is 9.69. The van der Waals surface area contributed by atoms with E-state index >= 15 is 0 Å². The quantitative estimate of drug-likeness (QED) is 0.800. The summed E-state index contributed by atoms with van der Waals surface area (Å²) in [5, 5.41) is 12.0. The Morgan fingerprint density at radius 3 is 2.74 bits per heavy atom. The van der Waals surface area contributed by atoms with Gasteiger partial charge in [-0.25, -0.2) is 4.79 Å². The highest BCUT2D eigenvalue weighted by molar-refractivity contribution is 5.79. The lowest BCUT2D eigenvalue weighted by molar-refractivity contribution is -0.153. The van der Waals surface area contributed by atoms with Crippen LogP contribution < -0.4 is 5.32 Å². The zero-order chi connectivity index (χ0) is 13.9. The average Bonchev–Trinajstić information content (AvgIpc) is 2.37. The van der Waals surface area contributed by atoms with Gasteiger partial charge in [-0.3, -0.25) is 4.79 Å². The minimum atomic E-state index is -0.799. The van der Waals surface area contributed by atoms with Gasteiger partial charge in [0, 0.05) is 19.6 Å². The molecule has 0 aromatic rings. The van der Waals surface area contributed by atoms with E-state index < -0.39 is 11.4 Å². The second kappa shape index (κ2) is 5.77. The van der Waals surface area contributed by atoms with Crippen LogP contribution in [0.15, 0.2) is 0 Å². The van der Waals surface area contributed by atoms with Gasteiger partial charge in [-0.15, -0.1) is 0 Å². The largest absolute Gasteiger partial charge is 0.481 e. The fraction of sp³-hybridized carbons (Fsp3) is 0.846. The molecule has 19 heavy (non-hydrogen) atoms. The Morgan fingerprint density at radius 2 is 2.21 bits per heavy atom. The van der Waals surface area contributed by atoms with Crippen LogP contribution in [0.1, 0.15) is 32.6 Å². The third-order valence-electron chi connectivity index (χ3n) is 4.22. The first-order chi connectivity index (χ1) is 9.07. The number of carbonyl (C=O) groups excluding carboxylic acids is 1. The molecule has 1 atom stereocenters. The first-order valence-corrected chi connectivity index (χ1v) is 6.95. The number of carboxylic acid groups (broad SMARTS) is 1. The van der Waals surface area contributed by atoms with Crippen molar-refractivity contribution in [1.82, 2.24) is 10.2 Å². The molecule has 2 fully saturated rings. The Balaban J connectivity index is 1.82. The van der Waals surface area contributed by atoms with Crippen molar-refractivity contribution in [3.63, 3.8) is 0 Å². The molecule has 1 saturated carbocycles. The minimum absolute atomic E-state index is 0.0941. The topological polar surface area (TPSA) is 78.9 Å². The molecule has 2 amide bonds. The van der Waals surface area contributed by atoms with Gasteiger partial charge in [0.05, 0.1) is 18.1 Å². The number of aliphatic carboxylic acids is 1. The van der Waals surface area contributed by atoms with E-state index in [9.17, 15) is 14.7 Å². The minimum Gasteiger partial charge on any atom is -0.481 e. The number of amides is 2. The molecule has 1 saturated heterocycles. The summed E-state index contributed by atoms with van der Waals surface area (Å²) >= 11 is 0. The molecule has 2 rings (SSSR count). The van der Waals surface area contributed by atoms with Crippen molar-refractivity contribution in [3.05, 3.63) is 0 Å². The van der Waals surface area contributed by atoms with Gasteiger partial charge in [-0.05, 0) is 19.3 Å². The van der Waals surface area contributed by atoms with E-state index in [-0.39, 0.29) is 18.7 Å². The third kappa shape index (κ3) is 3.00. The number of nitrogens with zero attached hydrogens (tertiary/aromatic N) is 1. The lowest BCUT2D eigenvalue weighted by Crippen LogP contribution is -2.53. The monoisotopic (exact) mass is 270 g/mol. The Bertz CT molecular complexity index is 355. The number of rotatable bonds is 4. The van der Waals surface area contributed by atoms with Crippen LogP contribution in [0.25, 0.3) is 0 Å². The number of morpholine rings is 1. The SMILES string of the molecule is CCC1CN(C(=O)NCC2(C(=O)O)CCC2)CCO1. The number of carbonyl (C=O) groups is 2. The highest BCUT2D eigenvalue weighted by Gasteiger charge is 2.44. The molecule has 0 radical (unpaired) electrons. The molecule has 108 valence electrons. The molecule has 0 aromatic heterocycles. The normalized spacial score (nSPS) is 25.5. The van der Waals surface area contributed by atoms with Gasteiger partial charge >= 0.3 is 12.0 Å². The molecule has 6 nitrogen and oxygen atoms in total.